The largest absolute Gasteiger partial charge is 0.485 e. The summed E-state index contributed by atoms with van der Waals surface area (Å²) in [4.78, 5) is 24.2. The Bertz CT molecular complexity index is 1270. The number of carbonyl (C=O) groups excluding carboxylic acids is 1. The summed E-state index contributed by atoms with van der Waals surface area (Å²) in [5.74, 6) is 0.333. The number of hydrogen-bond acceptors (Lipinski definition) is 4. The van der Waals surface area contributed by atoms with E-state index in [0.29, 0.717) is 21.9 Å². The van der Waals surface area contributed by atoms with Crippen LogP contribution < -0.4 is 10.4 Å². The summed E-state index contributed by atoms with van der Waals surface area (Å²) in [5, 5.41) is 1.45. The smallest absolute Gasteiger partial charge is 0.336 e. The van der Waals surface area contributed by atoms with Gasteiger partial charge >= 0.3 is 5.63 Å². The van der Waals surface area contributed by atoms with E-state index >= 15 is 0 Å². The average molecular weight is 408 g/mol. The predicted octanol–water partition coefficient (Wildman–Crippen LogP) is 5.12. The monoisotopic (exact) mass is 407 g/mol. The molecule has 5 nitrogen and oxygen atoms in total. The average Bonchev–Trinajstić information content (AvgIpc) is 3.00. The first-order valence-electron chi connectivity index (χ1n) is 9.07. The molecule has 0 radical (unpaired) electrons. The summed E-state index contributed by atoms with van der Waals surface area (Å²) in [7, 11) is 0. The fourth-order valence-corrected chi connectivity index (χ4v) is 3.52. The number of hydrogen-bond donors (Lipinski definition) is 0. The van der Waals surface area contributed by atoms with Gasteiger partial charge in [-0.3, -0.25) is 4.79 Å². The molecule has 0 atom stereocenters. The maximum atomic E-state index is 12.8. The van der Waals surface area contributed by atoms with Crippen LogP contribution in [0.15, 0.2) is 69.9 Å². The van der Waals surface area contributed by atoms with Crippen LogP contribution in [0.3, 0.4) is 0 Å². The Hall–Kier alpha value is -3.31. The van der Waals surface area contributed by atoms with Gasteiger partial charge < -0.3 is 13.7 Å². The lowest BCUT2D eigenvalue weighted by Crippen LogP contribution is -2.12. The van der Waals surface area contributed by atoms with Crippen molar-refractivity contribution < 1.29 is 13.9 Å². The van der Waals surface area contributed by atoms with E-state index in [4.69, 9.17) is 20.8 Å². The minimum Gasteiger partial charge on any atom is -0.485 e. The molecule has 146 valence electrons. The second-order valence-corrected chi connectivity index (χ2v) is 7.20. The molecule has 0 aliphatic heterocycles. The zero-order chi connectivity index (χ0) is 20.5. The number of nitrogens with zero attached hydrogens (tertiary/aromatic N) is 1. The summed E-state index contributed by atoms with van der Waals surface area (Å²) < 4.78 is 12.8. The summed E-state index contributed by atoms with van der Waals surface area (Å²) in [6.45, 7) is 3.73. The number of ketones is 1. The molecule has 6 heteroatoms. The van der Waals surface area contributed by atoms with E-state index in [2.05, 4.69) is 0 Å². The molecule has 0 aliphatic rings. The number of carbonyl (C=O) groups is 1. The minimum atomic E-state index is -0.430. The molecule has 29 heavy (non-hydrogen) atoms. The fraction of sp³-hybridized carbons (Fsp3) is 0.130. The topological polar surface area (TPSA) is 61.4 Å². The van der Waals surface area contributed by atoms with E-state index < -0.39 is 5.63 Å². The van der Waals surface area contributed by atoms with Crippen molar-refractivity contribution in [3.8, 4) is 11.4 Å². The van der Waals surface area contributed by atoms with E-state index in [1.807, 2.05) is 48.7 Å². The lowest BCUT2D eigenvalue weighted by Gasteiger charge is -2.10. The van der Waals surface area contributed by atoms with Crippen molar-refractivity contribution in [2.75, 3.05) is 6.61 Å². The van der Waals surface area contributed by atoms with Crippen molar-refractivity contribution in [2.24, 2.45) is 0 Å². The highest BCUT2D eigenvalue weighted by atomic mass is 35.5. The molecule has 0 saturated carbocycles. The molecule has 4 rings (SSSR count). The van der Waals surface area contributed by atoms with Gasteiger partial charge in [0.25, 0.3) is 0 Å². The van der Waals surface area contributed by atoms with E-state index in [1.54, 1.807) is 24.3 Å². The van der Waals surface area contributed by atoms with Crippen LogP contribution in [0, 0.1) is 13.8 Å². The number of Topliss-reactive ketones (excluding diaryl/α,β-unsaturated/α-hetero) is 1. The zero-order valence-electron chi connectivity index (χ0n) is 15.9. The number of halogens is 1. The maximum Gasteiger partial charge on any atom is 0.336 e. The van der Waals surface area contributed by atoms with Crippen LogP contribution in [0.2, 0.25) is 5.02 Å². The number of aryl methyl sites for hydroxylation is 1. The minimum absolute atomic E-state index is 0.118. The molecule has 0 fully saturated rings. The number of rotatable bonds is 5. The molecule has 2 aromatic heterocycles. The SMILES string of the molecule is Cc1cc(C(=O)COc2ccc3ccc(=O)oc3c2)c(C)n1-c1ccc(Cl)cc1. The Morgan fingerprint density at radius 2 is 1.76 bits per heavy atom. The Labute approximate surface area is 172 Å². The van der Waals surface area contributed by atoms with Crippen LogP contribution in [0.4, 0.5) is 0 Å². The Balaban J connectivity index is 1.55. The second-order valence-electron chi connectivity index (χ2n) is 6.76. The third-order valence-corrected chi connectivity index (χ3v) is 5.03. The Kier molecular flexibility index (Phi) is 4.99. The first kappa shape index (κ1) is 19.0. The molecule has 0 unspecified atom stereocenters. The van der Waals surface area contributed by atoms with E-state index in [1.165, 1.54) is 6.07 Å². The van der Waals surface area contributed by atoms with Gasteiger partial charge in [-0.05, 0) is 62.4 Å². The van der Waals surface area contributed by atoms with Crippen LogP contribution in [-0.4, -0.2) is 17.0 Å². The van der Waals surface area contributed by atoms with Crippen molar-refractivity contribution in [3.63, 3.8) is 0 Å². The molecule has 4 aromatic rings. The Morgan fingerprint density at radius 1 is 1.03 bits per heavy atom. The normalized spacial score (nSPS) is 11.0. The third kappa shape index (κ3) is 3.82. The van der Waals surface area contributed by atoms with E-state index in [-0.39, 0.29) is 12.4 Å². The molecule has 0 N–H and O–H groups in total. The van der Waals surface area contributed by atoms with Crippen LogP contribution in [0.5, 0.6) is 5.75 Å². The second kappa shape index (κ2) is 7.60. The molecule has 2 aromatic carbocycles. The molecule has 0 amide bonds. The highest BCUT2D eigenvalue weighted by Crippen LogP contribution is 2.24. The molecule has 2 heterocycles. The summed E-state index contributed by atoms with van der Waals surface area (Å²) in [6, 6.07) is 17.5. The molecular formula is C23H18ClNO4. The lowest BCUT2D eigenvalue weighted by molar-refractivity contribution is 0.0921. The molecule has 0 bridgehead atoms. The highest BCUT2D eigenvalue weighted by Gasteiger charge is 2.17. The number of aromatic nitrogens is 1. The van der Waals surface area contributed by atoms with Gasteiger partial charge in [0.15, 0.2) is 6.61 Å². The van der Waals surface area contributed by atoms with Crippen LogP contribution >= 0.6 is 11.6 Å². The van der Waals surface area contributed by atoms with Crippen molar-refractivity contribution in [1.29, 1.82) is 0 Å². The highest BCUT2D eigenvalue weighted by molar-refractivity contribution is 6.30. The molecule has 0 spiro atoms. The van der Waals surface area contributed by atoms with Crippen molar-refractivity contribution in [1.82, 2.24) is 4.57 Å². The number of benzene rings is 2. The van der Waals surface area contributed by atoms with Gasteiger partial charge in [0, 0.05) is 45.2 Å². The first-order valence-corrected chi connectivity index (χ1v) is 9.45. The summed E-state index contributed by atoms with van der Waals surface area (Å²) >= 11 is 5.97. The van der Waals surface area contributed by atoms with Gasteiger partial charge in [0.05, 0.1) is 0 Å². The number of fused-ring (bicyclic) bond motifs is 1. The predicted molar refractivity (Wildman–Crippen MR) is 113 cm³/mol. The fourth-order valence-electron chi connectivity index (χ4n) is 3.39. The zero-order valence-corrected chi connectivity index (χ0v) is 16.7. The molecule has 0 aliphatic carbocycles. The van der Waals surface area contributed by atoms with Gasteiger partial charge in [-0.2, -0.15) is 0 Å². The van der Waals surface area contributed by atoms with Gasteiger partial charge in [-0.1, -0.05) is 11.6 Å². The Morgan fingerprint density at radius 3 is 2.52 bits per heavy atom. The van der Waals surface area contributed by atoms with E-state index in [0.717, 1.165) is 22.5 Å². The summed E-state index contributed by atoms with van der Waals surface area (Å²) in [5.41, 5.74) is 3.31. The molecule has 0 saturated heterocycles. The third-order valence-electron chi connectivity index (χ3n) is 4.78. The number of ether oxygens (including phenoxy) is 1. The van der Waals surface area contributed by atoms with Gasteiger partial charge in [-0.15, -0.1) is 0 Å². The van der Waals surface area contributed by atoms with Crippen LogP contribution in [0.25, 0.3) is 16.7 Å². The summed E-state index contributed by atoms with van der Waals surface area (Å²) in [6.07, 6.45) is 0. The van der Waals surface area contributed by atoms with Crippen LogP contribution in [0.1, 0.15) is 21.7 Å². The van der Waals surface area contributed by atoms with Gasteiger partial charge in [0.2, 0.25) is 5.78 Å². The van der Waals surface area contributed by atoms with Crippen LogP contribution in [-0.2, 0) is 0 Å². The van der Waals surface area contributed by atoms with Crippen molar-refractivity contribution in [2.45, 2.75) is 13.8 Å². The van der Waals surface area contributed by atoms with Gasteiger partial charge in [0.1, 0.15) is 11.3 Å². The standard InChI is InChI=1S/C23H18ClNO4/c1-14-11-20(15(2)25(14)18-7-5-17(24)6-8-18)21(26)13-28-19-9-3-16-4-10-23(27)29-22(16)12-19/h3-12H,13H2,1-2H3. The lowest BCUT2D eigenvalue weighted by atomic mass is 10.1. The van der Waals surface area contributed by atoms with Crippen molar-refractivity contribution >= 4 is 28.4 Å². The maximum absolute atomic E-state index is 12.8. The quantitative estimate of drug-likeness (QED) is 0.340. The van der Waals surface area contributed by atoms with E-state index in [9.17, 15) is 9.59 Å². The van der Waals surface area contributed by atoms with Gasteiger partial charge in [-0.25, -0.2) is 4.79 Å². The molecular weight excluding hydrogens is 390 g/mol. The van der Waals surface area contributed by atoms with Crippen molar-refractivity contribution in [3.05, 3.63) is 93.1 Å². The first-order chi connectivity index (χ1) is 13.9.